The van der Waals surface area contributed by atoms with Gasteiger partial charge in [0, 0.05) is 18.4 Å². The fourth-order valence-electron chi connectivity index (χ4n) is 1.95. The van der Waals surface area contributed by atoms with Gasteiger partial charge in [-0.15, -0.1) is 0 Å². The quantitative estimate of drug-likeness (QED) is 0.844. The molecule has 0 radical (unpaired) electrons. The Morgan fingerprint density at radius 3 is 2.22 bits per heavy atom. The lowest BCUT2D eigenvalue weighted by atomic mass is 10.2. The Hall–Kier alpha value is -2.34. The summed E-state index contributed by atoms with van der Waals surface area (Å²) in [4.78, 5) is 11.7. The van der Waals surface area contributed by atoms with Gasteiger partial charge in [0.1, 0.15) is 21.3 Å². The second-order valence-corrected chi connectivity index (χ2v) is 7.48. The van der Waals surface area contributed by atoms with Crippen LogP contribution in [0.4, 0.5) is 5.69 Å². The van der Waals surface area contributed by atoms with Gasteiger partial charge < -0.3 is 10.1 Å². The number of rotatable bonds is 7. The van der Waals surface area contributed by atoms with E-state index >= 15 is 0 Å². The number of nitrogens with one attached hydrogen (secondary N) is 1. The van der Waals surface area contributed by atoms with Crippen LogP contribution in [0.5, 0.6) is 11.5 Å². The SMILES string of the molecule is CS(=O)(=O)CCCC(=O)Nc1ccc(Oc2ccccc2)cc1. The van der Waals surface area contributed by atoms with Crippen LogP contribution in [0.3, 0.4) is 0 Å². The van der Waals surface area contributed by atoms with Gasteiger partial charge in [0.25, 0.3) is 0 Å². The highest BCUT2D eigenvalue weighted by atomic mass is 32.2. The Morgan fingerprint density at radius 1 is 1.00 bits per heavy atom. The van der Waals surface area contributed by atoms with Crippen LogP contribution in [0.15, 0.2) is 54.6 Å². The summed E-state index contributed by atoms with van der Waals surface area (Å²) in [7, 11) is -3.02. The molecule has 0 fully saturated rings. The van der Waals surface area contributed by atoms with E-state index in [1.165, 1.54) is 0 Å². The van der Waals surface area contributed by atoms with Crippen LogP contribution >= 0.6 is 0 Å². The molecule has 23 heavy (non-hydrogen) atoms. The Kier molecular flexibility index (Phi) is 5.76. The Morgan fingerprint density at radius 2 is 1.61 bits per heavy atom. The van der Waals surface area contributed by atoms with Gasteiger partial charge in [-0.1, -0.05) is 18.2 Å². The number of sulfone groups is 1. The maximum Gasteiger partial charge on any atom is 0.224 e. The minimum Gasteiger partial charge on any atom is -0.457 e. The van der Waals surface area contributed by atoms with E-state index in [0.29, 0.717) is 17.9 Å². The van der Waals surface area contributed by atoms with E-state index in [-0.39, 0.29) is 18.1 Å². The molecule has 0 aliphatic rings. The predicted molar refractivity (Wildman–Crippen MR) is 90.5 cm³/mol. The van der Waals surface area contributed by atoms with Crippen LogP contribution in [0.25, 0.3) is 0 Å². The van der Waals surface area contributed by atoms with Gasteiger partial charge in [0.05, 0.1) is 5.75 Å². The zero-order valence-corrected chi connectivity index (χ0v) is 13.7. The van der Waals surface area contributed by atoms with E-state index in [2.05, 4.69) is 5.32 Å². The number of hydrogen-bond acceptors (Lipinski definition) is 4. The first kappa shape index (κ1) is 17.0. The fourth-order valence-corrected chi connectivity index (χ4v) is 2.62. The topological polar surface area (TPSA) is 72.5 Å². The summed E-state index contributed by atoms with van der Waals surface area (Å²) in [6.45, 7) is 0. The summed E-state index contributed by atoms with van der Waals surface area (Å²) >= 11 is 0. The van der Waals surface area contributed by atoms with E-state index in [0.717, 1.165) is 12.0 Å². The van der Waals surface area contributed by atoms with Crippen molar-refractivity contribution in [2.75, 3.05) is 17.3 Å². The summed E-state index contributed by atoms with van der Waals surface area (Å²) < 4.78 is 27.7. The highest BCUT2D eigenvalue weighted by Crippen LogP contribution is 2.22. The van der Waals surface area contributed by atoms with Crippen LogP contribution in [-0.4, -0.2) is 26.3 Å². The average Bonchev–Trinajstić information content (AvgIpc) is 2.49. The van der Waals surface area contributed by atoms with Crippen LogP contribution in [0, 0.1) is 0 Å². The van der Waals surface area contributed by atoms with Crippen LogP contribution in [0.1, 0.15) is 12.8 Å². The maximum atomic E-state index is 11.7. The molecule has 0 aromatic heterocycles. The summed E-state index contributed by atoms with van der Waals surface area (Å²) in [6.07, 6.45) is 1.66. The van der Waals surface area contributed by atoms with Crippen molar-refractivity contribution in [1.29, 1.82) is 0 Å². The summed E-state index contributed by atoms with van der Waals surface area (Å²) in [5, 5.41) is 2.73. The molecule has 0 heterocycles. The van der Waals surface area contributed by atoms with Gasteiger partial charge in [-0.2, -0.15) is 0 Å². The number of hydrogen-bond donors (Lipinski definition) is 1. The highest BCUT2D eigenvalue weighted by Gasteiger charge is 2.06. The molecule has 1 N–H and O–H groups in total. The molecule has 6 heteroatoms. The van der Waals surface area contributed by atoms with Gasteiger partial charge in [0.15, 0.2) is 0 Å². The molecule has 1 amide bonds. The number of carbonyl (C=O) groups excluding carboxylic acids is 1. The van der Waals surface area contributed by atoms with Crippen molar-refractivity contribution in [2.45, 2.75) is 12.8 Å². The van der Waals surface area contributed by atoms with E-state index in [1.807, 2.05) is 30.3 Å². The third kappa shape index (κ3) is 6.52. The van der Waals surface area contributed by atoms with E-state index in [1.54, 1.807) is 24.3 Å². The number of amides is 1. The molecule has 0 unspecified atom stereocenters. The molecule has 0 saturated heterocycles. The summed E-state index contributed by atoms with van der Waals surface area (Å²) in [5.41, 5.74) is 0.648. The molecular weight excluding hydrogens is 314 g/mol. The minimum absolute atomic E-state index is 0.0181. The molecule has 0 bridgehead atoms. The van der Waals surface area contributed by atoms with Crippen molar-refractivity contribution in [2.24, 2.45) is 0 Å². The first-order valence-corrected chi connectivity index (χ1v) is 9.29. The fraction of sp³-hybridized carbons (Fsp3) is 0.235. The first-order valence-electron chi connectivity index (χ1n) is 7.23. The van der Waals surface area contributed by atoms with E-state index in [9.17, 15) is 13.2 Å². The van der Waals surface area contributed by atoms with Crippen LogP contribution < -0.4 is 10.1 Å². The predicted octanol–water partition coefficient (Wildman–Crippen LogP) is 3.24. The monoisotopic (exact) mass is 333 g/mol. The van der Waals surface area contributed by atoms with Gasteiger partial charge in [-0.3, -0.25) is 4.79 Å². The van der Waals surface area contributed by atoms with Crippen molar-refractivity contribution >= 4 is 21.4 Å². The lowest BCUT2D eigenvalue weighted by Gasteiger charge is -2.08. The highest BCUT2D eigenvalue weighted by molar-refractivity contribution is 7.90. The number of ether oxygens (including phenoxy) is 1. The second-order valence-electron chi connectivity index (χ2n) is 5.22. The molecule has 0 aliphatic heterocycles. The zero-order valence-electron chi connectivity index (χ0n) is 12.9. The summed E-state index contributed by atoms with van der Waals surface area (Å²) in [5.74, 6) is 1.23. The van der Waals surface area contributed by atoms with Crippen molar-refractivity contribution in [1.82, 2.24) is 0 Å². The third-order valence-electron chi connectivity index (χ3n) is 3.04. The van der Waals surface area contributed by atoms with Crippen molar-refractivity contribution < 1.29 is 17.9 Å². The smallest absolute Gasteiger partial charge is 0.224 e. The molecule has 2 aromatic carbocycles. The minimum atomic E-state index is -3.02. The molecular formula is C17H19NO4S. The van der Waals surface area contributed by atoms with Gasteiger partial charge >= 0.3 is 0 Å². The van der Waals surface area contributed by atoms with Crippen molar-refractivity contribution in [3.63, 3.8) is 0 Å². The molecule has 0 atom stereocenters. The molecule has 0 saturated carbocycles. The largest absolute Gasteiger partial charge is 0.457 e. The molecule has 122 valence electrons. The molecule has 5 nitrogen and oxygen atoms in total. The van der Waals surface area contributed by atoms with Crippen LogP contribution in [-0.2, 0) is 14.6 Å². The van der Waals surface area contributed by atoms with Gasteiger partial charge in [-0.25, -0.2) is 8.42 Å². The van der Waals surface area contributed by atoms with Gasteiger partial charge in [-0.05, 0) is 42.8 Å². The molecule has 2 aromatic rings. The van der Waals surface area contributed by atoms with Crippen molar-refractivity contribution in [3.8, 4) is 11.5 Å². The Bertz CT molecular complexity index is 740. The van der Waals surface area contributed by atoms with Crippen molar-refractivity contribution in [3.05, 3.63) is 54.6 Å². The second kappa shape index (κ2) is 7.78. The first-order chi connectivity index (χ1) is 10.9. The Labute approximate surface area is 136 Å². The third-order valence-corrected chi connectivity index (χ3v) is 4.07. The number of benzene rings is 2. The number of carbonyl (C=O) groups is 1. The maximum absolute atomic E-state index is 11.7. The normalized spacial score (nSPS) is 11.0. The summed E-state index contributed by atoms with van der Waals surface area (Å²) in [6, 6.07) is 16.4. The van der Waals surface area contributed by atoms with Gasteiger partial charge in [0.2, 0.25) is 5.91 Å². The molecule has 2 rings (SSSR count). The average molecular weight is 333 g/mol. The van der Waals surface area contributed by atoms with E-state index in [4.69, 9.17) is 4.74 Å². The standard InChI is InChI=1S/C17H19NO4S/c1-23(20,21)13-5-8-17(19)18-14-9-11-16(12-10-14)22-15-6-3-2-4-7-15/h2-4,6-7,9-12H,5,8,13H2,1H3,(H,18,19). The zero-order chi connectivity index (χ0) is 16.7. The van der Waals surface area contributed by atoms with E-state index < -0.39 is 9.84 Å². The number of anilines is 1. The lowest BCUT2D eigenvalue weighted by molar-refractivity contribution is -0.116. The molecule has 0 spiro atoms. The van der Waals surface area contributed by atoms with Crippen LogP contribution in [0.2, 0.25) is 0 Å². The Balaban J connectivity index is 1.84. The molecule has 0 aliphatic carbocycles. The lowest BCUT2D eigenvalue weighted by Crippen LogP contribution is -2.13. The number of para-hydroxylation sites is 1.